The van der Waals surface area contributed by atoms with Crippen LogP contribution in [0.3, 0.4) is 0 Å². The molecule has 0 heterocycles. The molecule has 0 aromatic heterocycles. The minimum atomic E-state index is -0.468. The molecule has 24 heavy (non-hydrogen) atoms. The van der Waals surface area contributed by atoms with Crippen LogP contribution in [-0.2, 0) is 13.1 Å². The average molecular weight is 350 g/mol. The average Bonchev–Trinajstić information content (AvgIpc) is 2.56. The van der Waals surface area contributed by atoms with Crippen molar-refractivity contribution in [2.75, 3.05) is 26.0 Å². The highest BCUT2D eigenvalue weighted by Crippen LogP contribution is 2.16. The van der Waals surface area contributed by atoms with Gasteiger partial charge < -0.3 is 15.1 Å². The molecule has 2 amide bonds. The van der Waals surface area contributed by atoms with E-state index in [-0.39, 0.29) is 11.1 Å². The Morgan fingerprint density at radius 3 is 2.29 bits per heavy atom. The third-order valence-electron chi connectivity index (χ3n) is 3.65. The molecule has 2 aromatic rings. The van der Waals surface area contributed by atoms with Gasteiger partial charge in [-0.1, -0.05) is 29.8 Å². The van der Waals surface area contributed by atoms with Gasteiger partial charge in [0.2, 0.25) is 0 Å². The van der Waals surface area contributed by atoms with Gasteiger partial charge in [0.25, 0.3) is 0 Å². The van der Waals surface area contributed by atoms with E-state index in [0.717, 1.165) is 16.8 Å². The molecule has 0 fully saturated rings. The Hall–Kier alpha value is -2.27. The zero-order chi connectivity index (χ0) is 17.7. The third kappa shape index (κ3) is 4.86. The Labute approximate surface area is 146 Å². The van der Waals surface area contributed by atoms with E-state index in [0.29, 0.717) is 13.1 Å². The van der Waals surface area contributed by atoms with Crippen molar-refractivity contribution < 1.29 is 9.18 Å². The Kier molecular flexibility index (Phi) is 6.04. The second-order valence-corrected chi connectivity index (χ2v) is 6.23. The highest BCUT2D eigenvalue weighted by atomic mass is 35.5. The van der Waals surface area contributed by atoms with E-state index in [9.17, 15) is 9.18 Å². The van der Waals surface area contributed by atoms with Crippen LogP contribution in [0, 0.1) is 5.82 Å². The molecule has 0 saturated carbocycles. The number of hydrogen-bond acceptors (Lipinski definition) is 2. The zero-order valence-electron chi connectivity index (χ0n) is 14.0. The van der Waals surface area contributed by atoms with Gasteiger partial charge in [0.05, 0.1) is 5.02 Å². The number of hydrogen-bond donors (Lipinski definition) is 1. The summed E-state index contributed by atoms with van der Waals surface area (Å²) in [4.78, 5) is 15.8. The van der Waals surface area contributed by atoms with Crippen LogP contribution >= 0.6 is 11.6 Å². The van der Waals surface area contributed by atoms with Crippen molar-refractivity contribution in [2.45, 2.75) is 13.1 Å². The number of rotatable bonds is 5. The van der Waals surface area contributed by atoms with Crippen LogP contribution in [0.25, 0.3) is 0 Å². The molecule has 2 rings (SSSR count). The first-order valence-corrected chi connectivity index (χ1v) is 7.94. The van der Waals surface area contributed by atoms with Crippen molar-refractivity contribution in [1.82, 2.24) is 10.2 Å². The second-order valence-electron chi connectivity index (χ2n) is 5.82. The molecule has 128 valence electrons. The van der Waals surface area contributed by atoms with E-state index >= 15 is 0 Å². The molecule has 0 bridgehead atoms. The van der Waals surface area contributed by atoms with Crippen molar-refractivity contribution in [3.05, 3.63) is 64.4 Å². The first-order chi connectivity index (χ1) is 11.4. The maximum Gasteiger partial charge on any atom is 0.317 e. The lowest BCUT2D eigenvalue weighted by atomic mass is 10.2. The highest BCUT2D eigenvalue weighted by molar-refractivity contribution is 6.30. The van der Waals surface area contributed by atoms with E-state index in [2.05, 4.69) is 5.32 Å². The summed E-state index contributed by atoms with van der Waals surface area (Å²) in [6.07, 6.45) is 0. The molecule has 0 unspecified atom stereocenters. The molecule has 0 aliphatic rings. The van der Waals surface area contributed by atoms with Gasteiger partial charge >= 0.3 is 6.03 Å². The summed E-state index contributed by atoms with van der Waals surface area (Å²) in [5.74, 6) is -0.468. The lowest BCUT2D eigenvalue weighted by Crippen LogP contribution is -2.36. The molecular weight excluding hydrogens is 329 g/mol. The van der Waals surface area contributed by atoms with Gasteiger partial charge in [-0.2, -0.15) is 0 Å². The second kappa shape index (κ2) is 8.02. The Balaban J connectivity index is 1.88. The maximum absolute atomic E-state index is 13.1. The molecular formula is C18H21ClFN3O. The van der Waals surface area contributed by atoms with Crippen molar-refractivity contribution in [1.29, 1.82) is 0 Å². The van der Waals surface area contributed by atoms with Gasteiger partial charge in [-0.25, -0.2) is 9.18 Å². The fourth-order valence-electron chi connectivity index (χ4n) is 2.21. The molecule has 0 aliphatic heterocycles. The number of nitrogens with one attached hydrogen (secondary N) is 1. The molecule has 0 spiro atoms. The summed E-state index contributed by atoms with van der Waals surface area (Å²) >= 11 is 5.73. The minimum absolute atomic E-state index is 0.0519. The summed E-state index contributed by atoms with van der Waals surface area (Å²) in [5, 5.41) is 2.84. The number of nitrogens with zero attached hydrogens (tertiary/aromatic N) is 2. The van der Waals surface area contributed by atoms with Crippen LogP contribution < -0.4 is 10.2 Å². The maximum atomic E-state index is 13.1. The van der Waals surface area contributed by atoms with Crippen molar-refractivity contribution in [2.24, 2.45) is 0 Å². The predicted octanol–water partition coefficient (Wildman–Crippen LogP) is 3.89. The van der Waals surface area contributed by atoms with Gasteiger partial charge in [-0.05, 0) is 35.4 Å². The highest BCUT2D eigenvalue weighted by Gasteiger charge is 2.09. The fraction of sp³-hybridized carbons (Fsp3) is 0.278. The molecule has 0 aliphatic carbocycles. The number of amides is 2. The van der Waals surface area contributed by atoms with Gasteiger partial charge in [-0.15, -0.1) is 0 Å². The van der Waals surface area contributed by atoms with Crippen molar-refractivity contribution in [3.63, 3.8) is 0 Å². The zero-order valence-corrected chi connectivity index (χ0v) is 14.8. The normalized spacial score (nSPS) is 10.4. The van der Waals surface area contributed by atoms with E-state index < -0.39 is 5.82 Å². The Bertz CT molecular complexity index is 704. The molecule has 0 radical (unpaired) electrons. The monoisotopic (exact) mass is 349 g/mol. The summed E-state index contributed by atoms with van der Waals surface area (Å²) in [6.45, 7) is 0.798. The van der Waals surface area contributed by atoms with Crippen LogP contribution in [-0.4, -0.2) is 32.1 Å². The van der Waals surface area contributed by atoms with Crippen LogP contribution in [0.2, 0.25) is 5.02 Å². The predicted molar refractivity (Wildman–Crippen MR) is 95.9 cm³/mol. The van der Waals surface area contributed by atoms with E-state index in [1.807, 2.05) is 43.3 Å². The third-order valence-corrected chi connectivity index (χ3v) is 3.94. The van der Waals surface area contributed by atoms with Gasteiger partial charge in [0.1, 0.15) is 5.82 Å². The Morgan fingerprint density at radius 2 is 1.71 bits per heavy atom. The fourth-order valence-corrected chi connectivity index (χ4v) is 2.41. The number of carbonyl (C=O) groups excluding carboxylic acids is 1. The first-order valence-electron chi connectivity index (χ1n) is 7.56. The van der Waals surface area contributed by atoms with Crippen molar-refractivity contribution >= 4 is 23.3 Å². The van der Waals surface area contributed by atoms with E-state index in [4.69, 9.17) is 11.6 Å². The number of anilines is 1. The quantitative estimate of drug-likeness (QED) is 0.889. The van der Waals surface area contributed by atoms with Gasteiger partial charge in [0, 0.05) is 39.9 Å². The van der Waals surface area contributed by atoms with Crippen molar-refractivity contribution in [3.8, 4) is 0 Å². The van der Waals surface area contributed by atoms with Crippen LogP contribution in [0.5, 0.6) is 0 Å². The molecule has 1 N–H and O–H groups in total. The lowest BCUT2D eigenvalue weighted by molar-refractivity contribution is 0.206. The number of benzene rings is 2. The largest absolute Gasteiger partial charge is 0.378 e. The molecule has 0 atom stereocenters. The number of carbonyl (C=O) groups is 1. The van der Waals surface area contributed by atoms with E-state index in [1.54, 1.807) is 18.0 Å². The number of urea groups is 1. The summed E-state index contributed by atoms with van der Waals surface area (Å²) < 4.78 is 13.1. The van der Waals surface area contributed by atoms with Gasteiger partial charge in [-0.3, -0.25) is 0 Å². The lowest BCUT2D eigenvalue weighted by Gasteiger charge is -2.19. The van der Waals surface area contributed by atoms with Crippen LogP contribution in [0.4, 0.5) is 14.9 Å². The standard InChI is InChI=1S/C18H21ClFN3O/c1-22(2)15-7-4-13(5-8-15)12-23(3)18(24)21-11-14-6-9-17(20)16(19)10-14/h4-10H,11-12H2,1-3H3,(H,21,24). The van der Waals surface area contributed by atoms with Crippen LogP contribution in [0.1, 0.15) is 11.1 Å². The summed E-state index contributed by atoms with van der Waals surface area (Å²) in [5.41, 5.74) is 2.90. The first kappa shape index (κ1) is 18.1. The topological polar surface area (TPSA) is 35.6 Å². The Morgan fingerprint density at radius 1 is 1.08 bits per heavy atom. The summed E-state index contributed by atoms with van der Waals surface area (Å²) in [6, 6.07) is 12.2. The van der Waals surface area contributed by atoms with Gasteiger partial charge in [0.15, 0.2) is 0 Å². The van der Waals surface area contributed by atoms with Crippen LogP contribution in [0.15, 0.2) is 42.5 Å². The SMILES string of the molecule is CN(Cc1ccc(N(C)C)cc1)C(=O)NCc1ccc(F)c(Cl)c1. The minimum Gasteiger partial charge on any atom is -0.378 e. The molecule has 4 nitrogen and oxygen atoms in total. The van der Waals surface area contributed by atoms with E-state index in [1.165, 1.54) is 12.1 Å². The molecule has 6 heteroatoms. The smallest absolute Gasteiger partial charge is 0.317 e. The molecule has 0 saturated heterocycles. The summed E-state index contributed by atoms with van der Waals surface area (Å²) in [7, 11) is 5.69. The molecule has 2 aromatic carbocycles. The number of halogens is 2.